The number of para-hydroxylation sites is 1. The molecule has 0 spiro atoms. The van der Waals surface area contributed by atoms with Gasteiger partial charge in [-0.1, -0.05) is 56.3 Å². The van der Waals surface area contributed by atoms with Crippen LogP contribution >= 0.6 is 12.2 Å². The number of rotatable bonds is 6. The highest BCUT2D eigenvalue weighted by Crippen LogP contribution is 2.28. The van der Waals surface area contributed by atoms with Crippen LogP contribution < -0.4 is 15.5 Å². The summed E-state index contributed by atoms with van der Waals surface area (Å²) in [5.41, 5.74) is 4.90. The second kappa shape index (κ2) is 10.7. The number of nitrogens with zero attached hydrogens (tertiary/aromatic N) is 2. The lowest BCUT2D eigenvalue weighted by Crippen LogP contribution is -2.54. The molecule has 8 heteroatoms. The molecule has 1 aliphatic heterocycles. The van der Waals surface area contributed by atoms with Crippen molar-refractivity contribution in [1.29, 1.82) is 0 Å². The molecule has 2 N–H and O–H groups in total. The van der Waals surface area contributed by atoms with Crippen LogP contribution in [0.15, 0.2) is 84.6 Å². The van der Waals surface area contributed by atoms with Gasteiger partial charge in [-0.15, -0.1) is 0 Å². The fourth-order valence-corrected chi connectivity index (χ4v) is 4.94. The van der Waals surface area contributed by atoms with Crippen molar-refractivity contribution in [2.45, 2.75) is 33.2 Å². The highest BCUT2D eigenvalue weighted by atomic mass is 32.1. The van der Waals surface area contributed by atoms with Crippen LogP contribution in [-0.4, -0.2) is 27.4 Å². The topological polar surface area (TPSA) is 83.4 Å². The molecule has 1 aromatic heterocycles. The van der Waals surface area contributed by atoms with E-state index < -0.39 is 11.8 Å². The molecule has 2 heterocycles. The first-order valence-corrected chi connectivity index (χ1v) is 13.1. The van der Waals surface area contributed by atoms with E-state index in [9.17, 15) is 14.4 Å². The maximum absolute atomic E-state index is 13.6. The third-order valence-electron chi connectivity index (χ3n) is 6.65. The van der Waals surface area contributed by atoms with Crippen molar-refractivity contribution in [2.75, 3.05) is 10.2 Å². The van der Waals surface area contributed by atoms with Crippen LogP contribution in [0.2, 0.25) is 0 Å². The first kappa shape index (κ1) is 26.1. The molecule has 0 unspecified atom stereocenters. The molecule has 1 fully saturated rings. The summed E-state index contributed by atoms with van der Waals surface area (Å²) in [5.74, 6) is -0.910. The Bertz CT molecular complexity index is 1650. The van der Waals surface area contributed by atoms with Crippen LogP contribution in [0.5, 0.6) is 0 Å². The lowest BCUT2D eigenvalue weighted by molar-refractivity contribution is -0.122. The summed E-state index contributed by atoms with van der Waals surface area (Å²) < 4.78 is 1.81. The van der Waals surface area contributed by atoms with Crippen molar-refractivity contribution in [2.24, 2.45) is 0 Å². The minimum absolute atomic E-state index is 0.0368. The molecule has 0 aliphatic carbocycles. The molecular formula is C31H28N4O3S. The average molecular weight is 537 g/mol. The second-order valence-electron chi connectivity index (χ2n) is 9.85. The molecule has 0 bridgehead atoms. The highest BCUT2D eigenvalue weighted by molar-refractivity contribution is 7.80. The van der Waals surface area contributed by atoms with Gasteiger partial charge >= 0.3 is 0 Å². The monoisotopic (exact) mass is 536 g/mol. The molecule has 3 amide bonds. The summed E-state index contributed by atoms with van der Waals surface area (Å²) in [4.78, 5) is 40.7. The van der Waals surface area contributed by atoms with Gasteiger partial charge in [-0.3, -0.25) is 24.6 Å². The fraction of sp³-hybridized carbons (Fsp3) is 0.161. The lowest BCUT2D eigenvalue weighted by Gasteiger charge is -2.29. The standard InChI is InChI=1S/C31H28N4O3S/c1-19(2)21-11-13-24(14-12-21)35-30(38)26(29(37)33-31(35)39)16-22-17-34(27-10-5-4-9-25(22)27)18-28(36)32-23-8-6-7-20(3)15-23/h4-17,19H,18H2,1-3H3,(H,32,36)(H,33,37,39)/b26-16+. The van der Waals surface area contributed by atoms with E-state index >= 15 is 0 Å². The Labute approximate surface area is 232 Å². The van der Waals surface area contributed by atoms with Crippen molar-refractivity contribution < 1.29 is 14.4 Å². The third kappa shape index (κ3) is 5.37. The average Bonchev–Trinajstić information content (AvgIpc) is 3.23. The van der Waals surface area contributed by atoms with Crippen LogP contribution in [0.4, 0.5) is 11.4 Å². The molecule has 196 valence electrons. The zero-order chi connectivity index (χ0) is 27.7. The molecule has 5 rings (SSSR count). The van der Waals surface area contributed by atoms with Gasteiger partial charge in [0.1, 0.15) is 12.1 Å². The third-order valence-corrected chi connectivity index (χ3v) is 6.94. The number of carbonyl (C=O) groups excluding carboxylic acids is 3. The van der Waals surface area contributed by atoms with Crippen molar-refractivity contribution in [3.63, 3.8) is 0 Å². The van der Waals surface area contributed by atoms with Gasteiger partial charge in [0.2, 0.25) is 5.91 Å². The number of fused-ring (bicyclic) bond motifs is 1. The van der Waals surface area contributed by atoms with E-state index in [4.69, 9.17) is 12.2 Å². The van der Waals surface area contributed by atoms with Crippen LogP contribution in [-0.2, 0) is 20.9 Å². The number of hydrogen-bond acceptors (Lipinski definition) is 4. The summed E-state index contributed by atoms with van der Waals surface area (Å²) >= 11 is 5.35. The molecular weight excluding hydrogens is 508 g/mol. The number of thiocarbonyl (C=S) groups is 1. The molecule has 7 nitrogen and oxygen atoms in total. The Kier molecular flexibility index (Phi) is 7.13. The smallest absolute Gasteiger partial charge is 0.270 e. The Balaban J connectivity index is 1.46. The number of amides is 3. The van der Waals surface area contributed by atoms with Gasteiger partial charge in [0.05, 0.1) is 5.69 Å². The summed E-state index contributed by atoms with van der Waals surface area (Å²) in [6.07, 6.45) is 3.34. The zero-order valence-electron chi connectivity index (χ0n) is 21.9. The van der Waals surface area contributed by atoms with Crippen LogP contribution in [0, 0.1) is 6.92 Å². The molecule has 1 aliphatic rings. The molecule has 1 saturated heterocycles. The molecule has 0 saturated carbocycles. The van der Waals surface area contributed by atoms with Gasteiger partial charge in [0.15, 0.2) is 5.11 Å². The number of benzene rings is 3. The molecule has 3 aromatic carbocycles. The molecule has 4 aromatic rings. The highest BCUT2D eigenvalue weighted by Gasteiger charge is 2.34. The van der Waals surface area contributed by atoms with E-state index in [1.807, 2.05) is 84.3 Å². The van der Waals surface area contributed by atoms with Crippen LogP contribution in [0.1, 0.15) is 36.5 Å². The van der Waals surface area contributed by atoms with Crippen molar-refractivity contribution in [3.05, 3.63) is 101 Å². The molecule has 0 radical (unpaired) electrons. The Morgan fingerprint density at radius 2 is 1.77 bits per heavy atom. The van der Waals surface area contributed by atoms with E-state index in [0.717, 1.165) is 27.7 Å². The largest absolute Gasteiger partial charge is 0.337 e. The SMILES string of the molecule is Cc1cccc(NC(=O)Cn2cc(/C=C3\C(=O)NC(=S)N(c4ccc(C(C)C)cc4)C3=O)c3ccccc32)c1. The maximum Gasteiger partial charge on any atom is 0.270 e. The van der Waals surface area contributed by atoms with E-state index in [1.165, 1.54) is 4.90 Å². The lowest BCUT2D eigenvalue weighted by atomic mass is 10.0. The van der Waals surface area contributed by atoms with Crippen molar-refractivity contribution in [1.82, 2.24) is 9.88 Å². The van der Waals surface area contributed by atoms with E-state index in [-0.39, 0.29) is 23.1 Å². The molecule has 39 heavy (non-hydrogen) atoms. The minimum atomic E-state index is -0.561. The summed E-state index contributed by atoms with van der Waals surface area (Å²) in [6, 6.07) is 22.7. The molecule has 0 atom stereocenters. The van der Waals surface area contributed by atoms with Gasteiger partial charge < -0.3 is 9.88 Å². The predicted octanol–water partition coefficient (Wildman–Crippen LogP) is 5.54. The predicted molar refractivity (Wildman–Crippen MR) is 158 cm³/mol. The Morgan fingerprint density at radius 1 is 1.03 bits per heavy atom. The van der Waals surface area contributed by atoms with E-state index in [0.29, 0.717) is 17.2 Å². The number of carbonyl (C=O) groups is 3. The van der Waals surface area contributed by atoms with Gasteiger partial charge in [-0.25, -0.2) is 0 Å². The first-order chi connectivity index (χ1) is 18.7. The first-order valence-electron chi connectivity index (χ1n) is 12.7. The van der Waals surface area contributed by atoms with Crippen LogP contribution in [0.25, 0.3) is 17.0 Å². The Hall–Kier alpha value is -4.56. The summed E-state index contributed by atoms with van der Waals surface area (Å²) in [5, 5.41) is 6.42. The van der Waals surface area contributed by atoms with Gasteiger partial charge in [-0.2, -0.15) is 0 Å². The number of aryl methyl sites for hydroxylation is 1. The van der Waals surface area contributed by atoms with Crippen molar-refractivity contribution in [3.8, 4) is 0 Å². The Morgan fingerprint density at radius 3 is 2.49 bits per heavy atom. The number of anilines is 2. The van der Waals surface area contributed by atoms with Crippen molar-refractivity contribution >= 4 is 63.4 Å². The van der Waals surface area contributed by atoms with Gasteiger partial charge in [-0.05, 0) is 72.6 Å². The van der Waals surface area contributed by atoms with Gasteiger partial charge in [0.25, 0.3) is 11.8 Å². The minimum Gasteiger partial charge on any atom is -0.337 e. The second-order valence-corrected chi connectivity index (χ2v) is 10.2. The summed E-state index contributed by atoms with van der Waals surface area (Å²) in [6.45, 7) is 6.22. The fourth-order valence-electron chi connectivity index (χ4n) is 4.65. The van der Waals surface area contributed by atoms with E-state index in [1.54, 1.807) is 12.3 Å². The summed E-state index contributed by atoms with van der Waals surface area (Å²) in [7, 11) is 0. The number of aromatic nitrogens is 1. The quantitative estimate of drug-likeness (QED) is 0.193. The maximum atomic E-state index is 13.6. The van der Waals surface area contributed by atoms with Crippen LogP contribution in [0.3, 0.4) is 0 Å². The van der Waals surface area contributed by atoms with E-state index in [2.05, 4.69) is 24.5 Å². The number of nitrogens with one attached hydrogen (secondary N) is 2. The normalized spacial score (nSPS) is 14.8. The van der Waals surface area contributed by atoms with Gasteiger partial charge in [0, 0.05) is 28.4 Å². The number of hydrogen-bond donors (Lipinski definition) is 2. The zero-order valence-corrected chi connectivity index (χ0v) is 22.7.